The molecule has 1 atom stereocenters. The van der Waals surface area contributed by atoms with Gasteiger partial charge in [-0.3, -0.25) is 0 Å². The second kappa shape index (κ2) is 4.01. The summed E-state index contributed by atoms with van der Waals surface area (Å²) < 4.78 is 5.66. The highest BCUT2D eigenvalue weighted by Gasteiger charge is 2.22. The van der Waals surface area contributed by atoms with Crippen molar-refractivity contribution in [1.82, 2.24) is 5.32 Å². The van der Waals surface area contributed by atoms with Crippen LogP contribution in [0.5, 0.6) is 5.75 Å². The highest BCUT2D eigenvalue weighted by Crippen LogP contribution is 2.25. The van der Waals surface area contributed by atoms with Crippen molar-refractivity contribution in [3.8, 4) is 5.75 Å². The Bertz CT molecular complexity index is 305. The molecule has 0 aliphatic carbocycles. The largest absolute Gasteiger partial charge is 0.493 e. The molecule has 2 heteroatoms. The fourth-order valence-corrected chi connectivity index (χ4v) is 1.38. The summed E-state index contributed by atoms with van der Waals surface area (Å²) in [6.45, 7) is 6.22. The number of benzene rings is 1. The molecule has 14 heavy (non-hydrogen) atoms. The van der Waals surface area contributed by atoms with Crippen molar-refractivity contribution in [2.75, 3.05) is 13.2 Å². The van der Waals surface area contributed by atoms with Gasteiger partial charge >= 0.3 is 0 Å². The van der Waals surface area contributed by atoms with Gasteiger partial charge in [-0.1, -0.05) is 26.0 Å². The third-order valence-corrected chi connectivity index (χ3v) is 2.25. The van der Waals surface area contributed by atoms with Crippen molar-refractivity contribution in [3.05, 3.63) is 29.8 Å². The van der Waals surface area contributed by atoms with Crippen molar-refractivity contribution in [2.24, 2.45) is 5.92 Å². The van der Waals surface area contributed by atoms with Crippen molar-refractivity contribution in [2.45, 2.75) is 19.9 Å². The van der Waals surface area contributed by atoms with Crippen LogP contribution in [0.4, 0.5) is 0 Å². The maximum atomic E-state index is 5.66. The third-order valence-electron chi connectivity index (χ3n) is 2.25. The molecular weight excluding hydrogens is 174 g/mol. The van der Waals surface area contributed by atoms with Gasteiger partial charge in [0.15, 0.2) is 0 Å². The standard InChI is InChI=1S/C12H17NO/c1-9(2)8-14-11-5-3-4-10(6-11)12-7-13-12/h3-6,9,12-13H,7-8H2,1-2H3/t12-/m1/s1. The molecule has 0 spiro atoms. The smallest absolute Gasteiger partial charge is 0.119 e. The first-order chi connectivity index (χ1) is 6.75. The Balaban J connectivity index is 1.99. The lowest BCUT2D eigenvalue weighted by Gasteiger charge is -2.09. The molecule has 0 saturated carbocycles. The Kier molecular flexibility index (Phi) is 2.73. The first kappa shape index (κ1) is 9.53. The van der Waals surface area contributed by atoms with Crippen LogP contribution in [0.25, 0.3) is 0 Å². The van der Waals surface area contributed by atoms with Gasteiger partial charge in [0.05, 0.1) is 6.61 Å². The van der Waals surface area contributed by atoms with Crippen LogP contribution in [0.1, 0.15) is 25.5 Å². The normalized spacial score (nSPS) is 19.8. The van der Waals surface area contributed by atoms with E-state index in [2.05, 4.69) is 37.4 Å². The first-order valence-electron chi connectivity index (χ1n) is 5.22. The van der Waals surface area contributed by atoms with E-state index in [4.69, 9.17) is 4.74 Å². The second-order valence-electron chi connectivity index (χ2n) is 4.24. The third kappa shape index (κ3) is 2.48. The number of rotatable bonds is 4. The molecule has 0 radical (unpaired) electrons. The van der Waals surface area contributed by atoms with Crippen LogP contribution in [-0.4, -0.2) is 13.2 Å². The lowest BCUT2D eigenvalue weighted by atomic mass is 10.1. The summed E-state index contributed by atoms with van der Waals surface area (Å²) in [5, 5.41) is 3.29. The van der Waals surface area contributed by atoms with E-state index in [0.717, 1.165) is 18.9 Å². The highest BCUT2D eigenvalue weighted by atomic mass is 16.5. The molecule has 0 unspecified atom stereocenters. The van der Waals surface area contributed by atoms with Crippen molar-refractivity contribution in [1.29, 1.82) is 0 Å². The molecule has 1 aromatic rings. The molecular formula is C12H17NO. The zero-order chi connectivity index (χ0) is 9.97. The van der Waals surface area contributed by atoms with Crippen LogP contribution >= 0.6 is 0 Å². The van der Waals surface area contributed by atoms with E-state index in [1.54, 1.807) is 0 Å². The molecule has 0 amide bonds. The quantitative estimate of drug-likeness (QED) is 0.741. The Morgan fingerprint density at radius 2 is 2.29 bits per heavy atom. The van der Waals surface area contributed by atoms with E-state index in [-0.39, 0.29) is 0 Å². The van der Waals surface area contributed by atoms with Crippen molar-refractivity contribution in [3.63, 3.8) is 0 Å². The van der Waals surface area contributed by atoms with Crippen molar-refractivity contribution < 1.29 is 4.74 Å². The zero-order valence-corrected chi connectivity index (χ0v) is 8.79. The van der Waals surface area contributed by atoms with Crippen molar-refractivity contribution >= 4 is 0 Å². The SMILES string of the molecule is CC(C)COc1cccc([C@H]2CN2)c1. The van der Waals surface area contributed by atoms with E-state index in [1.807, 2.05) is 6.07 Å². The van der Waals surface area contributed by atoms with Crippen LogP contribution < -0.4 is 10.1 Å². The van der Waals surface area contributed by atoms with E-state index < -0.39 is 0 Å². The summed E-state index contributed by atoms with van der Waals surface area (Å²) in [6.07, 6.45) is 0. The molecule has 1 aliphatic rings. The predicted octanol–water partition coefficient (Wildman–Crippen LogP) is 2.37. The second-order valence-corrected chi connectivity index (χ2v) is 4.24. The number of ether oxygens (including phenoxy) is 1. The predicted molar refractivity (Wildman–Crippen MR) is 57.5 cm³/mol. The van der Waals surface area contributed by atoms with Gasteiger partial charge in [0.2, 0.25) is 0 Å². The minimum Gasteiger partial charge on any atom is -0.493 e. The van der Waals surface area contributed by atoms with E-state index in [0.29, 0.717) is 12.0 Å². The van der Waals surface area contributed by atoms with E-state index in [1.165, 1.54) is 5.56 Å². The molecule has 76 valence electrons. The monoisotopic (exact) mass is 191 g/mol. The van der Waals surface area contributed by atoms with Gasteiger partial charge in [0.25, 0.3) is 0 Å². The van der Waals surface area contributed by atoms with E-state index >= 15 is 0 Å². The van der Waals surface area contributed by atoms with Crippen LogP contribution in [-0.2, 0) is 0 Å². The summed E-state index contributed by atoms with van der Waals surface area (Å²) in [5.41, 5.74) is 1.34. The highest BCUT2D eigenvalue weighted by molar-refractivity contribution is 5.32. The van der Waals surface area contributed by atoms with Gasteiger partial charge in [0.1, 0.15) is 5.75 Å². The average Bonchev–Trinajstić information content (AvgIpc) is 2.98. The molecule has 1 N–H and O–H groups in total. The van der Waals surface area contributed by atoms with Gasteiger partial charge in [-0.05, 0) is 23.6 Å². The van der Waals surface area contributed by atoms with Gasteiger partial charge in [-0.15, -0.1) is 0 Å². The van der Waals surface area contributed by atoms with Gasteiger partial charge in [0, 0.05) is 12.6 Å². The van der Waals surface area contributed by atoms with Crippen LogP contribution in [0.15, 0.2) is 24.3 Å². The lowest BCUT2D eigenvalue weighted by Crippen LogP contribution is -2.04. The maximum Gasteiger partial charge on any atom is 0.119 e. The number of hydrogen-bond acceptors (Lipinski definition) is 2. The molecule has 1 heterocycles. The summed E-state index contributed by atoms with van der Waals surface area (Å²) >= 11 is 0. The molecule has 1 fully saturated rings. The van der Waals surface area contributed by atoms with Gasteiger partial charge in [-0.25, -0.2) is 0 Å². The maximum absolute atomic E-state index is 5.66. The molecule has 1 aliphatic heterocycles. The molecule has 1 aromatic carbocycles. The minimum absolute atomic E-state index is 0.567. The van der Waals surface area contributed by atoms with Gasteiger partial charge in [-0.2, -0.15) is 0 Å². The van der Waals surface area contributed by atoms with Gasteiger partial charge < -0.3 is 10.1 Å². The number of hydrogen-bond donors (Lipinski definition) is 1. The molecule has 1 saturated heterocycles. The zero-order valence-electron chi connectivity index (χ0n) is 8.79. The summed E-state index contributed by atoms with van der Waals surface area (Å²) in [4.78, 5) is 0. The molecule has 2 nitrogen and oxygen atoms in total. The lowest BCUT2D eigenvalue weighted by molar-refractivity contribution is 0.271. The fourth-order valence-electron chi connectivity index (χ4n) is 1.38. The molecule has 0 aromatic heterocycles. The summed E-state index contributed by atoms with van der Waals surface area (Å²) in [5.74, 6) is 1.57. The topological polar surface area (TPSA) is 31.2 Å². The minimum atomic E-state index is 0.567. The van der Waals surface area contributed by atoms with Crippen LogP contribution in [0.3, 0.4) is 0 Å². The van der Waals surface area contributed by atoms with Crippen LogP contribution in [0, 0.1) is 5.92 Å². The fraction of sp³-hybridized carbons (Fsp3) is 0.500. The molecule has 2 rings (SSSR count). The average molecular weight is 191 g/mol. The Labute approximate surface area is 85.3 Å². The first-order valence-corrected chi connectivity index (χ1v) is 5.22. The van der Waals surface area contributed by atoms with Crippen LogP contribution in [0.2, 0.25) is 0 Å². The van der Waals surface area contributed by atoms with E-state index in [9.17, 15) is 0 Å². The molecule has 0 bridgehead atoms. The Morgan fingerprint density at radius 3 is 2.93 bits per heavy atom. The number of nitrogens with one attached hydrogen (secondary N) is 1. The Hall–Kier alpha value is -1.02. The summed E-state index contributed by atoms with van der Waals surface area (Å²) in [7, 11) is 0. The summed E-state index contributed by atoms with van der Waals surface area (Å²) in [6, 6.07) is 8.93. The Morgan fingerprint density at radius 1 is 1.50 bits per heavy atom.